The van der Waals surface area contributed by atoms with E-state index in [1.807, 2.05) is 0 Å². The average Bonchev–Trinajstić information content (AvgIpc) is 2.30. The van der Waals surface area contributed by atoms with Crippen molar-refractivity contribution >= 4 is 23.8 Å². The number of benzene rings is 1. The molecule has 86 valence electrons. The zero-order chi connectivity index (χ0) is 12.1. The minimum absolute atomic E-state index is 0.258. The molecule has 0 aliphatic carbocycles. The van der Waals surface area contributed by atoms with Crippen molar-refractivity contribution in [2.45, 2.75) is 13.0 Å². The molecule has 1 unspecified atom stereocenters. The van der Waals surface area contributed by atoms with Crippen molar-refractivity contribution in [2.75, 3.05) is 7.05 Å². The first-order chi connectivity index (χ1) is 7.58. The van der Waals surface area contributed by atoms with E-state index >= 15 is 0 Å². The summed E-state index contributed by atoms with van der Waals surface area (Å²) in [6.45, 7) is 1.60. The number of amides is 1. The molecule has 1 rings (SSSR count). The van der Waals surface area contributed by atoms with E-state index in [9.17, 15) is 9.59 Å². The Labute approximate surface area is 98.5 Å². The van der Waals surface area contributed by atoms with E-state index < -0.39 is 6.10 Å². The lowest BCUT2D eigenvalue weighted by atomic mass is 10.2. The molecule has 16 heavy (non-hydrogen) atoms. The molecule has 0 saturated heterocycles. The Balaban J connectivity index is 2.88. The van der Waals surface area contributed by atoms with Gasteiger partial charge in [-0.05, 0) is 25.1 Å². The molecular weight excluding hydrogens is 230 g/mol. The van der Waals surface area contributed by atoms with Crippen LogP contribution in [0.4, 0.5) is 0 Å². The number of rotatable bonds is 4. The van der Waals surface area contributed by atoms with E-state index in [0.717, 1.165) is 0 Å². The summed E-state index contributed by atoms with van der Waals surface area (Å²) in [5.41, 5.74) is 0.322. The molecule has 1 aromatic carbocycles. The fourth-order valence-corrected chi connectivity index (χ4v) is 1.35. The normalized spacial score (nSPS) is 11.7. The Morgan fingerprint density at radius 3 is 2.81 bits per heavy atom. The molecule has 0 radical (unpaired) electrons. The Kier molecular flexibility index (Phi) is 4.31. The smallest absolute Gasteiger partial charge is 0.260 e. The number of hydrogen-bond donors (Lipinski definition) is 1. The fraction of sp³-hybridized carbons (Fsp3) is 0.273. The van der Waals surface area contributed by atoms with Crippen LogP contribution < -0.4 is 10.1 Å². The van der Waals surface area contributed by atoms with Crippen LogP contribution in [-0.2, 0) is 4.79 Å². The van der Waals surface area contributed by atoms with Gasteiger partial charge in [-0.25, -0.2) is 0 Å². The molecule has 0 fully saturated rings. The maximum atomic E-state index is 11.2. The van der Waals surface area contributed by atoms with E-state index in [0.29, 0.717) is 22.6 Å². The monoisotopic (exact) mass is 241 g/mol. The highest BCUT2D eigenvalue weighted by atomic mass is 35.5. The molecule has 5 heteroatoms. The van der Waals surface area contributed by atoms with Crippen molar-refractivity contribution in [3.8, 4) is 5.75 Å². The largest absolute Gasteiger partial charge is 0.480 e. The van der Waals surface area contributed by atoms with Gasteiger partial charge in [0.1, 0.15) is 5.75 Å². The van der Waals surface area contributed by atoms with Crippen LogP contribution in [0.2, 0.25) is 5.02 Å². The van der Waals surface area contributed by atoms with E-state index in [-0.39, 0.29) is 5.91 Å². The van der Waals surface area contributed by atoms with Gasteiger partial charge in [0.25, 0.3) is 5.91 Å². The van der Waals surface area contributed by atoms with Crippen molar-refractivity contribution in [1.82, 2.24) is 5.32 Å². The molecular formula is C11H12ClNO3. The van der Waals surface area contributed by atoms with Gasteiger partial charge >= 0.3 is 0 Å². The summed E-state index contributed by atoms with van der Waals surface area (Å²) in [6.07, 6.45) is -0.0255. The summed E-state index contributed by atoms with van der Waals surface area (Å²) >= 11 is 5.73. The number of nitrogens with one attached hydrogen (secondary N) is 1. The molecule has 0 aliphatic heterocycles. The van der Waals surface area contributed by atoms with Gasteiger partial charge in [-0.2, -0.15) is 0 Å². The number of carbonyl (C=O) groups is 2. The highest BCUT2D eigenvalue weighted by Gasteiger charge is 2.14. The second-order valence-electron chi connectivity index (χ2n) is 3.17. The van der Waals surface area contributed by atoms with Crippen LogP contribution in [0.3, 0.4) is 0 Å². The van der Waals surface area contributed by atoms with Crippen LogP contribution in [-0.4, -0.2) is 25.3 Å². The summed E-state index contributed by atoms with van der Waals surface area (Å²) < 4.78 is 5.34. The number of carbonyl (C=O) groups excluding carboxylic acids is 2. The standard InChI is InChI=1S/C11H12ClNO3/c1-7(11(15)13-2)16-10-4-3-9(12)5-8(10)6-14/h3-7H,1-2H3,(H,13,15). The molecule has 1 aromatic rings. The van der Waals surface area contributed by atoms with E-state index in [2.05, 4.69) is 5.32 Å². The highest BCUT2D eigenvalue weighted by Crippen LogP contribution is 2.22. The molecule has 0 aliphatic rings. The average molecular weight is 242 g/mol. The van der Waals surface area contributed by atoms with Gasteiger partial charge in [0, 0.05) is 12.1 Å². The molecule has 0 bridgehead atoms. The number of halogens is 1. The molecule has 1 atom stereocenters. The summed E-state index contributed by atoms with van der Waals surface area (Å²) in [7, 11) is 1.52. The van der Waals surface area contributed by atoms with Crippen LogP contribution in [0.15, 0.2) is 18.2 Å². The van der Waals surface area contributed by atoms with Crippen LogP contribution in [0.5, 0.6) is 5.75 Å². The SMILES string of the molecule is CNC(=O)C(C)Oc1ccc(Cl)cc1C=O. The molecule has 1 amide bonds. The second-order valence-corrected chi connectivity index (χ2v) is 3.61. The van der Waals surface area contributed by atoms with Gasteiger partial charge in [0.05, 0.1) is 5.56 Å². The molecule has 0 saturated carbocycles. The summed E-state index contributed by atoms with van der Waals surface area (Å²) in [5, 5.41) is 2.90. The maximum Gasteiger partial charge on any atom is 0.260 e. The van der Waals surface area contributed by atoms with Crippen LogP contribution >= 0.6 is 11.6 Å². The molecule has 4 nitrogen and oxygen atoms in total. The van der Waals surface area contributed by atoms with Crippen LogP contribution in [0.25, 0.3) is 0 Å². The number of ether oxygens (including phenoxy) is 1. The van der Waals surface area contributed by atoms with Crippen molar-refractivity contribution in [1.29, 1.82) is 0 Å². The zero-order valence-corrected chi connectivity index (χ0v) is 9.75. The predicted molar refractivity (Wildman–Crippen MR) is 61.0 cm³/mol. The molecule has 1 N–H and O–H groups in total. The zero-order valence-electron chi connectivity index (χ0n) is 8.99. The summed E-state index contributed by atoms with van der Waals surface area (Å²) in [6, 6.07) is 4.65. The van der Waals surface area contributed by atoms with Crippen molar-refractivity contribution in [3.63, 3.8) is 0 Å². The van der Waals surface area contributed by atoms with Crippen LogP contribution in [0, 0.1) is 0 Å². The number of likely N-dealkylation sites (N-methyl/N-ethyl adjacent to an activating group) is 1. The van der Waals surface area contributed by atoms with E-state index in [1.165, 1.54) is 13.1 Å². The number of hydrogen-bond acceptors (Lipinski definition) is 3. The third-order valence-corrected chi connectivity index (χ3v) is 2.25. The lowest BCUT2D eigenvalue weighted by Crippen LogP contribution is -2.33. The molecule has 0 heterocycles. The van der Waals surface area contributed by atoms with Crippen molar-refractivity contribution < 1.29 is 14.3 Å². The molecule has 0 aromatic heterocycles. The third-order valence-electron chi connectivity index (χ3n) is 2.02. The minimum atomic E-state index is -0.662. The lowest BCUT2D eigenvalue weighted by molar-refractivity contribution is -0.126. The van der Waals surface area contributed by atoms with Gasteiger partial charge in [0.2, 0.25) is 0 Å². The topological polar surface area (TPSA) is 55.4 Å². The van der Waals surface area contributed by atoms with E-state index in [1.54, 1.807) is 19.1 Å². The highest BCUT2D eigenvalue weighted by molar-refractivity contribution is 6.30. The summed E-state index contributed by atoms with van der Waals surface area (Å²) in [5.74, 6) is 0.0855. The Morgan fingerprint density at radius 1 is 1.56 bits per heavy atom. The Morgan fingerprint density at radius 2 is 2.25 bits per heavy atom. The lowest BCUT2D eigenvalue weighted by Gasteiger charge is -2.14. The van der Waals surface area contributed by atoms with Gasteiger partial charge in [-0.1, -0.05) is 11.6 Å². The predicted octanol–water partition coefficient (Wildman–Crippen LogP) is 1.67. The van der Waals surface area contributed by atoms with Crippen molar-refractivity contribution in [3.05, 3.63) is 28.8 Å². The first-order valence-electron chi connectivity index (χ1n) is 4.71. The quantitative estimate of drug-likeness (QED) is 0.816. The molecule has 0 spiro atoms. The van der Waals surface area contributed by atoms with Crippen LogP contribution in [0.1, 0.15) is 17.3 Å². The van der Waals surface area contributed by atoms with Gasteiger partial charge in [-0.3, -0.25) is 9.59 Å². The minimum Gasteiger partial charge on any atom is -0.480 e. The second kappa shape index (κ2) is 5.51. The van der Waals surface area contributed by atoms with Gasteiger partial charge in [-0.15, -0.1) is 0 Å². The maximum absolute atomic E-state index is 11.2. The van der Waals surface area contributed by atoms with Crippen molar-refractivity contribution in [2.24, 2.45) is 0 Å². The Hall–Kier alpha value is -1.55. The number of aldehydes is 1. The first-order valence-corrected chi connectivity index (χ1v) is 5.09. The van der Waals surface area contributed by atoms with Gasteiger partial charge in [0.15, 0.2) is 12.4 Å². The summed E-state index contributed by atoms with van der Waals surface area (Å²) in [4.78, 5) is 22.0. The van der Waals surface area contributed by atoms with Gasteiger partial charge < -0.3 is 10.1 Å². The first kappa shape index (κ1) is 12.5. The third kappa shape index (κ3) is 2.97. The van der Waals surface area contributed by atoms with E-state index in [4.69, 9.17) is 16.3 Å². The fourth-order valence-electron chi connectivity index (χ4n) is 1.17. The Bertz CT molecular complexity index is 406.